The molecule has 3 aromatic rings. The van der Waals surface area contributed by atoms with Crippen molar-refractivity contribution in [1.29, 1.82) is 0 Å². The molecule has 0 spiro atoms. The zero-order valence-corrected chi connectivity index (χ0v) is 14.7. The lowest BCUT2D eigenvalue weighted by Gasteiger charge is -2.36. The van der Waals surface area contributed by atoms with E-state index in [1.54, 1.807) is 7.11 Å². The molecule has 1 aromatic heterocycles. The van der Waals surface area contributed by atoms with Gasteiger partial charge in [0.05, 0.1) is 12.5 Å². The minimum Gasteiger partial charge on any atom is -0.497 e. The number of benzene rings is 2. The standard InChI is InChI=1S/C20H23N3O2/c1-14-3-5-15(6-4-14)11-16-13-21-9-10-23(16)20-18-8-7-17(24-2)12-19(18)25-22-20/h3-8,12,16,21H,9-11,13H2,1-2H3. The summed E-state index contributed by atoms with van der Waals surface area (Å²) in [6.07, 6.45) is 0.984. The largest absolute Gasteiger partial charge is 0.497 e. The van der Waals surface area contributed by atoms with Gasteiger partial charge in [-0.25, -0.2) is 0 Å². The van der Waals surface area contributed by atoms with Gasteiger partial charge in [-0.3, -0.25) is 0 Å². The highest BCUT2D eigenvalue weighted by Crippen LogP contribution is 2.31. The van der Waals surface area contributed by atoms with E-state index in [-0.39, 0.29) is 0 Å². The molecule has 2 heterocycles. The summed E-state index contributed by atoms with van der Waals surface area (Å²) in [6.45, 7) is 4.94. The number of anilines is 1. The van der Waals surface area contributed by atoms with Crippen molar-refractivity contribution >= 4 is 16.8 Å². The fraction of sp³-hybridized carbons (Fsp3) is 0.350. The maximum absolute atomic E-state index is 5.57. The van der Waals surface area contributed by atoms with Gasteiger partial charge in [-0.1, -0.05) is 35.0 Å². The van der Waals surface area contributed by atoms with E-state index in [2.05, 4.69) is 46.6 Å². The Kier molecular flexibility index (Phi) is 4.32. The molecular weight excluding hydrogens is 314 g/mol. The second-order valence-electron chi connectivity index (χ2n) is 6.61. The van der Waals surface area contributed by atoms with Crippen molar-refractivity contribution in [3.05, 3.63) is 53.6 Å². The van der Waals surface area contributed by atoms with Gasteiger partial charge in [0.1, 0.15) is 5.75 Å². The quantitative estimate of drug-likeness (QED) is 0.792. The number of ether oxygens (including phenoxy) is 1. The monoisotopic (exact) mass is 337 g/mol. The molecule has 0 bridgehead atoms. The van der Waals surface area contributed by atoms with Crippen molar-refractivity contribution in [1.82, 2.24) is 10.5 Å². The zero-order valence-electron chi connectivity index (χ0n) is 14.7. The summed E-state index contributed by atoms with van der Waals surface area (Å²) >= 11 is 0. The average molecular weight is 337 g/mol. The van der Waals surface area contributed by atoms with Crippen LogP contribution in [0.2, 0.25) is 0 Å². The third-order valence-corrected chi connectivity index (χ3v) is 4.87. The van der Waals surface area contributed by atoms with Crippen LogP contribution in [-0.4, -0.2) is 37.9 Å². The van der Waals surface area contributed by atoms with E-state index in [4.69, 9.17) is 9.26 Å². The van der Waals surface area contributed by atoms with E-state index >= 15 is 0 Å². The summed E-state index contributed by atoms with van der Waals surface area (Å²) in [5.74, 6) is 1.71. The van der Waals surface area contributed by atoms with Crippen molar-refractivity contribution in [2.75, 3.05) is 31.6 Å². The lowest BCUT2D eigenvalue weighted by molar-refractivity contribution is 0.410. The molecule has 0 amide bonds. The Morgan fingerprint density at radius 1 is 1.24 bits per heavy atom. The van der Waals surface area contributed by atoms with Crippen LogP contribution in [0.4, 0.5) is 5.82 Å². The minimum atomic E-state index is 0.354. The number of nitrogens with one attached hydrogen (secondary N) is 1. The summed E-state index contributed by atoms with van der Waals surface area (Å²) in [5, 5.41) is 8.91. The van der Waals surface area contributed by atoms with Crippen LogP contribution in [-0.2, 0) is 6.42 Å². The first-order chi connectivity index (χ1) is 12.2. The van der Waals surface area contributed by atoms with Gasteiger partial charge in [-0.05, 0) is 31.0 Å². The van der Waals surface area contributed by atoms with Crippen molar-refractivity contribution in [2.45, 2.75) is 19.4 Å². The summed E-state index contributed by atoms with van der Waals surface area (Å²) < 4.78 is 10.8. The van der Waals surface area contributed by atoms with E-state index in [0.717, 1.165) is 48.6 Å². The molecule has 1 atom stereocenters. The summed E-state index contributed by atoms with van der Waals surface area (Å²) in [5.41, 5.74) is 3.40. The summed E-state index contributed by atoms with van der Waals surface area (Å²) in [4.78, 5) is 2.37. The molecule has 2 aromatic carbocycles. The first-order valence-electron chi connectivity index (χ1n) is 8.71. The smallest absolute Gasteiger partial charge is 0.180 e. The fourth-order valence-electron chi connectivity index (χ4n) is 3.46. The number of aromatic nitrogens is 1. The number of aryl methyl sites for hydroxylation is 1. The van der Waals surface area contributed by atoms with Crippen LogP contribution < -0.4 is 15.0 Å². The molecule has 5 heteroatoms. The van der Waals surface area contributed by atoms with Crippen LogP contribution in [0.15, 0.2) is 47.0 Å². The highest BCUT2D eigenvalue weighted by atomic mass is 16.5. The molecule has 0 radical (unpaired) electrons. The summed E-state index contributed by atoms with van der Waals surface area (Å²) in [7, 11) is 1.66. The lowest BCUT2D eigenvalue weighted by atomic mass is 10.0. The Hall–Kier alpha value is -2.53. The van der Waals surface area contributed by atoms with Gasteiger partial charge in [0.2, 0.25) is 0 Å². The number of hydrogen-bond acceptors (Lipinski definition) is 5. The minimum absolute atomic E-state index is 0.354. The predicted molar refractivity (Wildman–Crippen MR) is 99.4 cm³/mol. The SMILES string of the molecule is COc1ccc2c(N3CCNCC3Cc3ccc(C)cc3)noc2c1. The molecule has 130 valence electrons. The molecule has 5 nitrogen and oxygen atoms in total. The molecule has 0 saturated carbocycles. The fourth-order valence-corrected chi connectivity index (χ4v) is 3.46. The molecule has 1 aliphatic heterocycles. The Morgan fingerprint density at radius 3 is 2.88 bits per heavy atom. The van der Waals surface area contributed by atoms with Gasteiger partial charge in [-0.15, -0.1) is 0 Å². The van der Waals surface area contributed by atoms with E-state index in [0.29, 0.717) is 6.04 Å². The highest BCUT2D eigenvalue weighted by Gasteiger charge is 2.26. The lowest BCUT2D eigenvalue weighted by Crippen LogP contribution is -2.52. The second-order valence-corrected chi connectivity index (χ2v) is 6.61. The molecule has 1 unspecified atom stereocenters. The van der Waals surface area contributed by atoms with E-state index < -0.39 is 0 Å². The van der Waals surface area contributed by atoms with Gasteiger partial charge in [0, 0.05) is 31.7 Å². The molecule has 1 aliphatic rings. The Morgan fingerprint density at radius 2 is 2.08 bits per heavy atom. The average Bonchev–Trinajstić information content (AvgIpc) is 3.07. The molecule has 4 rings (SSSR count). The first kappa shape index (κ1) is 16.0. The maximum Gasteiger partial charge on any atom is 0.180 e. The third-order valence-electron chi connectivity index (χ3n) is 4.87. The van der Waals surface area contributed by atoms with Crippen LogP contribution in [0.25, 0.3) is 11.0 Å². The topological polar surface area (TPSA) is 50.5 Å². The number of methoxy groups -OCH3 is 1. The Bertz CT molecular complexity index is 857. The third kappa shape index (κ3) is 3.20. The van der Waals surface area contributed by atoms with Gasteiger partial charge in [0.25, 0.3) is 0 Å². The van der Waals surface area contributed by atoms with Crippen LogP contribution in [0.3, 0.4) is 0 Å². The van der Waals surface area contributed by atoms with Crippen LogP contribution in [0.5, 0.6) is 5.75 Å². The van der Waals surface area contributed by atoms with E-state index in [1.807, 2.05) is 18.2 Å². The van der Waals surface area contributed by atoms with Crippen LogP contribution >= 0.6 is 0 Å². The van der Waals surface area contributed by atoms with Crippen molar-refractivity contribution in [3.63, 3.8) is 0 Å². The van der Waals surface area contributed by atoms with Gasteiger partial charge in [-0.2, -0.15) is 0 Å². The number of fused-ring (bicyclic) bond motifs is 1. The predicted octanol–water partition coefficient (Wildman–Crippen LogP) is 3.17. The van der Waals surface area contributed by atoms with Gasteiger partial charge >= 0.3 is 0 Å². The summed E-state index contributed by atoms with van der Waals surface area (Å²) in [6, 6.07) is 15.0. The molecular formula is C20H23N3O2. The second kappa shape index (κ2) is 6.76. The molecule has 25 heavy (non-hydrogen) atoms. The van der Waals surface area contributed by atoms with Gasteiger partial charge < -0.3 is 19.5 Å². The van der Waals surface area contributed by atoms with E-state index in [1.165, 1.54) is 11.1 Å². The highest BCUT2D eigenvalue weighted by molar-refractivity contribution is 5.89. The Labute approximate surface area is 147 Å². The normalized spacial score (nSPS) is 17.8. The van der Waals surface area contributed by atoms with Crippen molar-refractivity contribution in [2.24, 2.45) is 0 Å². The molecule has 1 N–H and O–H groups in total. The number of hydrogen-bond donors (Lipinski definition) is 1. The van der Waals surface area contributed by atoms with Gasteiger partial charge in [0.15, 0.2) is 11.4 Å². The molecule has 1 fully saturated rings. The number of piperazine rings is 1. The molecule has 0 aliphatic carbocycles. The van der Waals surface area contributed by atoms with E-state index in [9.17, 15) is 0 Å². The van der Waals surface area contributed by atoms with Crippen LogP contribution in [0.1, 0.15) is 11.1 Å². The number of rotatable bonds is 4. The Balaban J connectivity index is 1.63. The maximum atomic E-state index is 5.57. The van der Waals surface area contributed by atoms with Crippen molar-refractivity contribution < 1.29 is 9.26 Å². The number of nitrogens with zero attached hydrogens (tertiary/aromatic N) is 2. The van der Waals surface area contributed by atoms with Crippen molar-refractivity contribution in [3.8, 4) is 5.75 Å². The first-order valence-corrected chi connectivity index (χ1v) is 8.71. The van der Waals surface area contributed by atoms with Crippen LogP contribution in [0, 0.1) is 6.92 Å². The molecule has 1 saturated heterocycles. The zero-order chi connectivity index (χ0) is 17.2.